The summed E-state index contributed by atoms with van der Waals surface area (Å²) >= 11 is 1.59. The van der Waals surface area contributed by atoms with Crippen LogP contribution in [0.2, 0.25) is 0 Å². The minimum absolute atomic E-state index is 0.866. The van der Waals surface area contributed by atoms with Crippen molar-refractivity contribution in [3.05, 3.63) is 77.7 Å². The average molecular weight is 318 g/mol. The van der Waals surface area contributed by atoms with E-state index in [2.05, 4.69) is 60.0 Å². The zero-order valence-electron chi connectivity index (χ0n) is 13.0. The fraction of sp³-hybridized carbons (Fsp3) is 0.0500. The first kappa shape index (κ1) is 15.3. The summed E-state index contributed by atoms with van der Waals surface area (Å²) in [7, 11) is 0. The van der Waals surface area contributed by atoms with E-state index in [0.29, 0.717) is 0 Å². The van der Waals surface area contributed by atoms with Crippen LogP contribution in [0.1, 0.15) is 16.7 Å². The van der Waals surface area contributed by atoms with E-state index in [-0.39, 0.29) is 0 Å². The summed E-state index contributed by atoms with van der Waals surface area (Å²) in [6.07, 6.45) is 3.68. The van der Waals surface area contributed by atoms with Gasteiger partial charge in [-0.25, -0.2) is 4.98 Å². The summed E-state index contributed by atoms with van der Waals surface area (Å²) in [5.41, 5.74) is 6.44. The van der Waals surface area contributed by atoms with E-state index >= 15 is 0 Å². The van der Waals surface area contributed by atoms with Crippen molar-refractivity contribution in [2.75, 3.05) is 5.32 Å². The lowest BCUT2D eigenvalue weighted by molar-refractivity contribution is 1.37. The molecule has 0 bridgehead atoms. The van der Waals surface area contributed by atoms with Crippen molar-refractivity contribution in [1.82, 2.24) is 4.98 Å². The van der Waals surface area contributed by atoms with Gasteiger partial charge in [0, 0.05) is 22.2 Å². The smallest absolute Gasteiger partial charge is 0.187 e. The van der Waals surface area contributed by atoms with Gasteiger partial charge in [-0.1, -0.05) is 67.3 Å². The van der Waals surface area contributed by atoms with Gasteiger partial charge >= 0.3 is 0 Å². The summed E-state index contributed by atoms with van der Waals surface area (Å²) in [5, 5.41) is 6.32. The van der Waals surface area contributed by atoms with Crippen LogP contribution in [0.5, 0.6) is 0 Å². The van der Waals surface area contributed by atoms with E-state index in [9.17, 15) is 0 Å². The molecule has 0 aliphatic carbocycles. The van der Waals surface area contributed by atoms with Crippen molar-refractivity contribution in [3.8, 4) is 11.3 Å². The van der Waals surface area contributed by atoms with E-state index in [0.717, 1.165) is 33.2 Å². The number of anilines is 2. The van der Waals surface area contributed by atoms with Crippen LogP contribution in [0.3, 0.4) is 0 Å². The molecule has 1 heterocycles. The highest BCUT2D eigenvalue weighted by atomic mass is 32.1. The molecular weight excluding hydrogens is 300 g/mol. The first-order chi connectivity index (χ1) is 11.2. The van der Waals surface area contributed by atoms with Crippen molar-refractivity contribution in [2.45, 2.75) is 6.92 Å². The molecule has 0 atom stereocenters. The SMILES string of the molecule is C=Cc1cccc(Nc2nc(-c3ccc(C)cc3)cs2)c1C=C. The molecule has 1 N–H and O–H groups in total. The van der Waals surface area contributed by atoms with Gasteiger partial charge in [-0.3, -0.25) is 0 Å². The molecule has 0 fully saturated rings. The normalized spacial score (nSPS) is 10.3. The quantitative estimate of drug-likeness (QED) is 0.610. The predicted molar refractivity (Wildman–Crippen MR) is 102 cm³/mol. The summed E-state index contributed by atoms with van der Waals surface area (Å²) in [4.78, 5) is 4.68. The summed E-state index contributed by atoms with van der Waals surface area (Å²) in [6.45, 7) is 9.83. The van der Waals surface area contributed by atoms with Crippen LogP contribution in [0.15, 0.2) is 61.0 Å². The van der Waals surface area contributed by atoms with E-state index in [4.69, 9.17) is 0 Å². The van der Waals surface area contributed by atoms with Crippen LogP contribution in [0.4, 0.5) is 10.8 Å². The van der Waals surface area contributed by atoms with E-state index in [1.807, 2.05) is 30.4 Å². The maximum atomic E-state index is 4.68. The van der Waals surface area contributed by atoms with Crippen molar-refractivity contribution in [1.29, 1.82) is 0 Å². The molecule has 2 nitrogen and oxygen atoms in total. The Hall–Kier alpha value is -2.65. The second kappa shape index (κ2) is 6.63. The number of nitrogens with one attached hydrogen (secondary N) is 1. The van der Waals surface area contributed by atoms with Gasteiger partial charge in [-0.2, -0.15) is 0 Å². The van der Waals surface area contributed by atoms with Crippen molar-refractivity contribution < 1.29 is 0 Å². The van der Waals surface area contributed by atoms with Gasteiger partial charge in [-0.15, -0.1) is 11.3 Å². The Balaban J connectivity index is 1.89. The lowest BCUT2D eigenvalue weighted by Crippen LogP contribution is -1.94. The van der Waals surface area contributed by atoms with Crippen LogP contribution in [0.25, 0.3) is 23.4 Å². The van der Waals surface area contributed by atoms with Crippen molar-refractivity contribution in [3.63, 3.8) is 0 Å². The highest BCUT2D eigenvalue weighted by Crippen LogP contribution is 2.30. The highest BCUT2D eigenvalue weighted by molar-refractivity contribution is 7.14. The molecule has 1 aromatic heterocycles. The fourth-order valence-electron chi connectivity index (χ4n) is 2.40. The Morgan fingerprint density at radius 3 is 2.52 bits per heavy atom. The summed E-state index contributed by atoms with van der Waals surface area (Å²) in [6, 6.07) is 14.5. The van der Waals surface area contributed by atoms with Gasteiger partial charge in [0.15, 0.2) is 5.13 Å². The maximum absolute atomic E-state index is 4.68. The Bertz CT molecular complexity index is 844. The monoisotopic (exact) mass is 318 g/mol. The number of aryl methyl sites for hydroxylation is 1. The molecular formula is C20H18N2S. The third-order valence-electron chi connectivity index (χ3n) is 3.66. The molecule has 3 rings (SSSR count). The van der Waals surface area contributed by atoms with Gasteiger partial charge in [-0.05, 0) is 18.6 Å². The predicted octanol–water partition coefficient (Wildman–Crippen LogP) is 6.15. The first-order valence-corrected chi connectivity index (χ1v) is 8.26. The molecule has 3 aromatic rings. The largest absolute Gasteiger partial charge is 0.331 e. The number of hydrogen-bond acceptors (Lipinski definition) is 3. The number of benzene rings is 2. The number of aromatic nitrogens is 1. The molecule has 0 aliphatic rings. The third kappa shape index (κ3) is 3.25. The standard InChI is InChI=1S/C20H18N2S/c1-4-15-7-6-8-18(17(15)5-2)21-20-22-19(13-23-20)16-11-9-14(3)10-12-16/h4-13H,1-2H2,3H3,(H,21,22). The van der Waals surface area contributed by atoms with Gasteiger partial charge in [0.1, 0.15) is 0 Å². The van der Waals surface area contributed by atoms with Crippen LogP contribution >= 0.6 is 11.3 Å². The van der Waals surface area contributed by atoms with E-state index < -0.39 is 0 Å². The Morgan fingerprint density at radius 2 is 1.83 bits per heavy atom. The summed E-state index contributed by atoms with van der Waals surface area (Å²) in [5.74, 6) is 0. The maximum Gasteiger partial charge on any atom is 0.187 e. The molecule has 0 radical (unpaired) electrons. The number of hydrogen-bond donors (Lipinski definition) is 1. The molecule has 114 valence electrons. The molecule has 0 amide bonds. The third-order valence-corrected chi connectivity index (χ3v) is 4.41. The second-order valence-corrected chi connectivity index (χ2v) is 6.10. The fourth-order valence-corrected chi connectivity index (χ4v) is 3.13. The Kier molecular flexibility index (Phi) is 4.40. The van der Waals surface area contributed by atoms with Gasteiger partial charge in [0.2, 0.25) is 0 Å². The topological polar surface area (TPSA) is 24.9 Å². The number of thiazole rings is 1. The molecule has 0 spiro atoms. The van der Waals surface area contributed by atoms with Gasteiger partial charge < -0.3 is 5.32 Å². The van der Waals surface area contributed by atoms with Crippen LogP contribution in [0, 0.1) is 6.92 Å². The zero-order chi connectivity index (χ0) is 16.2. The average Bonchev–Trinajstić information content (AvgIpc) is 3.03. The molecule has 2 aromatic carbocycles. The van der Waals surface area contributed by atoms with Gasteiger partial charge in [0.05, 0.1) is 5.69 Å². The van der Waals surface area contributed by atoms with Crippen LogP contribution in [-0.2, 0) is 0 Å². The van der Waals surface area contributed by atoms with Gasteiger partial charge in [0.25, 0.3) is 0 Å². The van der Waals surface area contributed by atoms with Crippen molar-refractivity contribution >= 4 is 34.3 Å². The minimum atomic E-state index is 0.866. The summed E-state index contributed by atoms with van der Waals surface area (Å²) < 4.78 is 0. The molecule has 0 saturated carbocycles. The Labute approximate surface area is 140 Å². The highest BCUT2D eigenvalue weighted by Gasteiger charge is 2.08. The molecule has 3 heteroatoms. The van der Waals surface area contributed by atoms with Crippen LogP contribution in [-0.4, -0.2) is 4.98 Å². The van der Waals surface area contributed by atoms with E-state index in [1.54, 1.807) is 11.3 Å². The Morgan fingerprint density at radius 1 is 1.04 bits per heavy atom. The molecule has 0 aliphatic heterocycles. The van der Waals surface area contributed by atoms with Crippen molar-refractivity contribution in [2.24, 2.45) is 0 Å². The number of nitrogens with zero attached hydrogens (tertiary/aromatic N) is 1. The lowest BCUT2D eigenvalue weighted by atomic mass is 10.1. The molecule has 0 unspecified atom stereocenters. The van der Waals surface area contributed by atoms with Crippen LogP contribution < -0.4 is 5.32 Å². The number of rotatable bonds is 5. The lowest BCUT2D eigenvalue weighted by Gasteiger charge is -2.09. The molecule has 23 heavy (non-hydrogen) atoms. The molecule has 0 saturated heterocycles. The van der Waals surface area contributed by atoms with E-state index in [1.165, 1.54) is 5.56 Å². The first-order valence-electron chi connectivity index (χ1n) is 7.38. The zero-order valence-corrected chi connectivity index (χ0v) is 13.9. The minimum Gasteiger partial charge on any atom is -0.331 e. The second-order valence-electron chi connectivity index (χ2n) is 5.25.